The van der Waals surface area contributed by atoms with Crippen LogP contribution >= 0.6 is 0 Å². The summed E-state index contributed by atoms with van der Waals surface area (Å²) in [6, 6.07) is 7.49. The molecule has 0 unspecified atom stereocenters. The van der Waals surface area contributed by atoms with Crippen LogP contribution in [0.25, 0.3) is 0 Å². The number of piperidine rings is 3. The number of benzene rings is 1. The number of fused-ring (bicyclic) bond motifs is 2. The highest BCUT2D eigenvalue weighted by molar-refractivity contribution is 5.77. The van der Waals surface area contributed by atoms with Crippen LogP contribution in [0.15, 0.2) is 36.7 Å². The van der Waals surface area contributed by atoms with Crippen molar-refractivity contribution in [2.24, 2.45) is 5.92 Å². The Kier molecular flexibility index (Phi) is 4.04. The number of hydrogen-bond acceptors (Lipinski definition) is 3. The normalized spacial score (nSPS) is 31.9. The number of rotatable bonds is 3. The number of nitrogens with zero attached hydrogens (tertiary/aromatic N) is 4. The van der Waals surface area contributed by atoms with E-state index in [2.05, 4.69) is 14.9 Å². The molecule has 1 aromatic heterocycles. The van der Waals surface area contributed by atoms with Gasteiger partial charge in [0, 0.05) is 24.7 Å². The van der Waals surface area contributed by atoms with Crippen molar-refractivity contribution < 1.29 is 9.18 Å². The van der Waals surface area contributed by atoms with Crippen molar-refractivity contribution in [1.29, 1.82) is 0 Å². The number of likely N-dealkylation sites (tertiary alicyclic amines) is 1. The summed E-state index contributed by atoms with van der Waals surface area (Å²) < 4.78 is 15.2. The van der Waals surface area contributed by atoms with Crippen molar-refractivity contribution in [3.63, 3.8) is 0 Å². The predicted octanol–water partition coefficient (Wildman–Crippen LogP) is 2.42. The Hall–Kier alpha value is -2.21. The van der Waals surface area contributed by atoms with E-state index in [0.29, 0.717) is 25.0 Å². The summed E-state index contributed by atoms with van der Waals surface area (Å²) in [6.45, 7) is 5.22. The van der Waals surface area contributed by atoms with E-state index in [9.17, 15) is 9.18 Å². The lowest BCUT2D eigenvalue weighted by atomic mass is 9.75. The smallest absolute Gasteiger partial charge is 0.244 e. The molecule has 4 aliphatic heterocycles. The van der Waals surface area contributed by atoms with Gasteiger partial charge in [-0.15, -0.1) is 0 Å². The van der Waals surface area contributed by atoms with Gasteiger partial charge in [0.2, 0.25) is 5.91 Å². The van der Waals surface area contributed by atoms with E-state index in [1.165, 1.54) is 25.0 Å². The van der Waals surface area contributed by atoms with Crippen molar-refractivity contribution >= 4 is 5.91 Å². The second-order valence-electron chi connectivity index (χ2n) is 8.27. The minimum absolute atomic E-state index is 0.145. The number of amides is 1. The average molecular weight is 368 g/mol. The van der Waals surface area contributed by atoms with Gasteiger partial charge in [-0.25, -0.2) is 4.39 Å². The van der Waals surface area contributed by atoms with Crippen LogP contribution in [0.3, 0.4) is 0 Å². The highest BCUT2D eigenvalue weighted by Gasteiger charge is 2.54. The van der Waals surface area contributed by atoms with E-state index in [4.69, 9.17) is 0 Å². The minimum Gasteiger partial charge on any atom is -0.336 e. The summed E-state index contributed by atoms with van der Waals surface area (Å²) in [5, 5.41) is 4.28. The van der Waals surface area contributed by atoms with E-state index in [-0.39, 0.29) is 23.7 Å². The molecular weight excluding hydrogens is 343 g/mol. The minimum atomic E-state index is -0.208. The first-order valence-corrected chi connectivity index (χ1v) is 9.88. The molecule has 0 N–H and O–H groups in total. The van der Waals surface area contributed by atoms with Gasteiger partial charge in [0.15, 0.2) is 0 Å². The lowest BCUT2D eigenvalue weighted by molar-refractivity contribution is -0.136. The third-order valence-corrected chi connectivity index (χ3v) is 6.67. The van der Waals surface area contributed by atoms with Crippen LogP contribution in [0.1, 0.15) is 29.9 Å². The maximum Gasteiger partial charge on any atom is 0.244 e. The van der Waals surface area contributed by atoms with Crippen molar-refractivity contribution in [2.75, 3.05) is 19.6 Å². The van der Waals surface area contributed by atoms with Crippen LogP contribution in [-0.2, 0) is 11.3 Å². The van der Waals surface area contributed by atoms with E-state index in [1.54, 1.807) is 10.9 Å². The van der Waals surface area contributed by atoms with Gasteiger partial charge in [-0.1, -0.05) is 12.1 Å². The monoisotopic (exact) mass is 368 g/mol. The highest BCUT2D eigenvalue weighted by Crippen LogP contribution is 2.46. The molecule has 2 bridgehead atoms. The van der Waals surface area contributed by atoms with Gasteiger partial charge in [0.05, 0.1) is 12.2 Å². The molecule has 6 heteroatoms. The Morgan fingerprint density at radius 1 is 1.19 bits per heavy atom. The maximum absolute atomic E-state index is 13.4. The Morgan fingerprint density at radius 3 is 2.59 bits per heavy atom. The van der Waals surface area contributed by atoms with Crippen LogP contribution < -0.4 is 0 Å². The first kappa shape index (κ1) is 16.9. The summed E-state index contributed by atoms with van der Waals surface area (Å²) in [5.74, 6) is 0.767. The van der Waals surface area contributed by atoms with Gasteiger partial charge in [-0.05, 0) is 62.0 Å². The fourth-order valence-electron chi connectivity index (χ4n) is 5.49. The van der Waals surface area contributed by atoms with Crippen LogP contribution in [0, 0.1) is 18.7 Å². The number of carbonyl (C=O) groups excluding carboxylic acids is 1. The lowest BCUT2D eigenvalue weighted by Crippen LogP contribution is -2.61. The zero-order chi connectivity index (χ0) is 18.5. The number of aromatic nitrogens is 2. The molecule has 0 radical (unpaired) electrons. The summed E-state index contributed by atoms with van der Waals surface area (Å²) >= 11 is 0. The Balaban J connectivity index is 1.45. The zero-order valence-corrected chi connectivity index (χ0v) is 15.6. The van der Waals surface area contributed by atoms with E-state index in [1.807, 2.05) is 25.3 Å². The quantitative estimate of drug-likeness (QED) is 0.836. The molecule has 6 rings (SSSR count). The molecule has 0 aliphatic carbocycles. The second-order valence-corrected chi connectivity index (χ2v) is 8.27. The summed E-state index contributed by atoms with van der Waals surface area (Å²) in [4.78, 5) is 17.8. The fraction of sp³-hybridized carbons (Fsp3) is 0.524. The van der Waals surface area contributed by atoms with Gasteiger partial charge in [-0.3, -0.25) is 14.4 Å². The molecule has 2 aromatic rings. The zero-order valence-electron chi connectivity index (χ0n) is 15.6. The topological polar surface area (TPSA) is 41.4 Å². The molecule has 4 saturated heterocycles. The van der Waals surface area contributed by atoms with Crippen LogP contribution in [0.2, 0.25) is 0 Å². The molecule has 27 heavy (non-hydrogen) atoms. The number of halogens is 1. The Bertz CT molecular complexity index is 840. The van der Waals surface area contributed by atoms with Gasteiger partial charge in [-0.2, -0.15) is 5.10 Å². The SMILES string of the molecule is Cc1cnn(CC(=O)N2C[C@@H](c3ccc(F)cc3)[C@@H]3[C@H]2C2CCN3CC2)c1. The molecule has 0 saturated carbocycles. The average Bonchev–Trinajstić information content (AvgIpc) is 3.28. The van der Waals surface area contributed by atoms with E-state index >= 15 is 0 Å². The van der Waals surface area contributed by atoms with Crippen molar-refractivity contribution in [1.82, 2.24) is 19.6 Å². The molecule has 1 aromatic carbocycles. The maximum atomic E-state index is 13.4. The van der Waals surface area contributed by atoms with Gasteiger partial charge >= 0.3 is 0 Å². The largest absolute Gasteiger partial charge is 0.336 e. The summed E-state index contributed by atoms with van der Waals surface area (Å²) in [7, 11) is 0. The number of aryl methyl sites for hydroxylation is 1. The molecule has 1 amide bonds. The third-order valence-electron chi connectivity index (χ3n) is 6.67. The molecule has 0 spiro atoms. The first-order valence-electron chi connectivity index (χ1n) is 9.88. The predicted molar refractivity (Wildman–Crippen MR) is 99.7 cm³/mol. The van der Waals surface area contributed by atoms with Crippen LogP contribution in [0.5, 0.6) is 0 Å². The Morgan fingerprint density at radius 2 is 1.93 bits per heavy atom. The van der Waals surface area contributed by atoms with Gasteiger partial charge in [0.1, 0.15) is 12.4 Å². The number of carbonyl (C=O) groups is 1. The lowest BCUT2D eigenvalue weighted by Gasteiger charge is -2.51. The molecule has 5 heterocycles. The molecule has 4 fully saturated rings. The van der Waals surface area contributed by atoms with Crippen molar-refractivity contribution in [2.45, 2.75) is 44.3 Å². The van der Waals surface area contributed by atoms with Crippen molar-refractivity contribution in [3.8, 4) is 0 Å². The molecular formula is C21H25FN4O. The molecule has 142 valence electrons. The van der Waals surface area contributed by atoms with E-state index in [0.717, 1.165) is 24.2 Å². The second kappa shape index (κ2) is 6.44. The number of hydrogen-bond donors (Lipinski definition) is 0. The summed E-state index contributed by atoms with van der Waals surface area (Å²) in [5.41, 5.74) is 2.21. The van der Waals surface area contributed by atoms with Crippen LogP contribution in [0.4, 0.5) is 4.39 Å². The highest BCUT2D eigenvalue weighted by atomic mass is 19.1. The third kappa shape index (κ3) is 2.87. The van der Waals surface area contributed by atoms with Gasteiger partial charge < -0.3 is 4.90 Å². The first-order chi connectivity index (χ1) is 13.1. The van der Waals surface area contributed by atoms with Crippen molar-refractivity contribution in [3.05, 3.63) is 53.6 Å². The molecule has 5 nitrogen and oxygen atoms in total. The molecule has 4 aliphatic rings. The standard InChI is InChI=1S/C21H25FN4O/c1-14-10-23-25(11-14)13-19(27)26-12-18(15-2-4-17(22)5-3-15)21-20(26)16-6-8-24(21)9-7-16/h2-5,10-11,16,18,20-21H,6-9,12-13H2,1H3/t18-,20+,21+/m0/s1. The fourth-order valence-corrected chi connectivity index (χ4v) is 5.49. The molecule has 3 atom stereocenters. The Labute approximate surface area is 158 Å². The van der Waals surface area contributed by atoms with Crippen LogP contribution in [-0.4, -0.2) is 57.2 Å². The van der Waals surface area contributed by atoms with Gasteiger partial charge in [0.25, 0.3) is 0 Å². The summed E-state index contributed by atoms with van der Waals surface area (Å²) in [6.07, 6.45) is 6.04. The van der Waals surface area contributed by atoms with E-state index < -0.39 is 0 Å².